The average molecular weight is 553 g/mol. The van der Waals surface area contributed by atoms with E-state index in [1.807, 2.05) is 12.1 Å². The second-order valence-corrected chi connectivity index (χ2v) is 12.9. The van der Waals surface area contributed by atoms with Crippen molar-refractivity contribution < 1.29 is 19.8 Å². The van der Waals surface area contributed by atoms with Crippen molar-refractivity contribution in [1.82, 2.24) is 0 Å². The molecule has 1 aromatic rings. The fraction of sp³-hybridized carbons (Fsp3) is 0.722. The third-order valence-electron chi connectivity index (χ3n) is 10.1. The van der Waals surface area contributed by atoms with Gasteiger partial charge in [-0.25, -0.2) is 0 Å². The van der Waals surface area contributed by atoms with Crippen LogP contribution in [0, 0.1) is 17.3 Å². The van der Waals surface area contributed by atoms with Gasteiger partial charge in [0.05, 0.1) is 0 Å². The Morgan fingerprint density at radius 3 is 2.23 bits per heavy atom. The number of hydrogen-bond acceptors (Lipinski definition) is 3. The van der Waals surface area contributed by atoms with Crippen molar-refractivity contribution >= 4 is 11.8 Å². The Kier molecular flexibility index (Phi) is 13.8. The van der Waals surface area contributed by atoms with Crippen LogP contribution < -0.4 is 0 Å². The lowest BCUT2D eigenvalue weighted by Gasteiger charge is -2.48. The highest BCUT2D eigenvalue weighted by molar-refractivity contribution is 5.87. The summed E-state index contributed by atoms with van der Waals surface area (Å²) in [7, 11) is 0. The Bertz CT molecular complexity index is 950. The van der Waals surface area contributed by atoms with E-state index in [9.17, 15) is 14.7 Å². The number of phenols is 1. The van der Waals surface area contributed by atoms with E-state index in [-0.39, 0.29) is 5.41 Å². The molecule has 0 unspecified atom stereocenters. The Morgan fingerprint density at radius 1 is 0.900 bits per heavy atom. The highest BCUT2D eigenvalue weighted by atomic mass is 16.4. The summed E-state index contributed by atoms with van der Waals surface area (Å²) < 4.78 is 0. The number of hydrogen-bond donors (Lipinski definition) is 2. The van der Waals surface area contributed by atoms with Crippen LogP contribution in [0.4, 0.5) is 0 Å². The normalized spacial score (nSPS) is 25.1. The molecule has 3 aliphatic rings. The third-order valence-corrected chi connectivity index (χ3v) is 10.1. The summed E-state index contributed by atoms with van der Waals surface area (Å²) in [6.45, 7) is 4.48. The third kappa shape index (κ3) is 9.48. The fourth-order valence-electron chi connectivity index (χ4n) is 7.69. The fourth-order valence-corrected chi connectivity index (χ4v) is 7.69. The monoisotopic (exact) mass is 552 g/mol. The lowest BCUT2D eigenvalue weighted by Crippen LogP contribution is -2.42. The molecule has 40 heavy (non-hydrogen) atoms. The lowest BCUT2D eigenvalue weighted by molar-refractivity contribution is -0.137. The van der Waals surface area contributed by atoms with Gasteiger partial charge < -0.3 is 10.2 Å². The van der Waals surface area contributed by atoms with Gasteiger partial charge in [0.2, 0.25) is 0 Å². The van der Waals surface area contributed by atoms with Gasteiger partial charge in [-0.05, 0) is 105 Å². The number of phenolic OH excluding ortho intramolecular Hbond substituents is 1. The Morgan fingerprint density at radius 2 is 1.55 bits per heavy atom. The first-order valence-corrected chi connectivity index (χ1v) is 16.6. The van der Waals surface area contributed by atoms with Gasteiger partial charge in [-0.15, -0.1) is 0 Å². The number of allylic oxidation sites excluding steroid dienone is 2. The lowest BCUT2D eigenvalue weighted by atomic mass is 9.55. The van der Waals surface area contributed by atoms with Crippen LogP contribution in [0.1, 0.15) is 153 Å². The minimum absolute atomic E-state index is 0.0322. The molecule has 0 aliphatic heterocycles. The molecule has 0 spiro atoms. The molecule has 2 N–H and O–H groups in total. The van der Waals surface area contributed by atoms with Crippen LogP contribution in [0.5, 0.6) is 5.75 Å². The predicted octanol–water partition coefficient (Wildman–Crippen LogP) is 9.93. The van der Waals surface area contributed by atoms with Gasteiger partial charge in [0.15, 0.2) is 0 Å². The van der Waals surface area contributed by atoms with Crippen LogP contribution in [0.3, 0.4) is 0 Å². The van der Waals surface area contributed by atoms with Crippen molar-refractivity contribution in [2.24, 2.45) is 17.3 Å². The average Bonchev–Trinajstić information content (AvgIpc) is 3.25. The molecule has 4 heteroatoms. The van der Waals surface area contributed by atoms with E-state index in [4.69, 9.17) is 5.11 Å². The van der Waals surface area contributed by atoms with Crippen LogP contribution in [0.15, 0.2) is 30.4 Å². The second kappa shape index (κ2) is 17.0. The van der Waals surface area contributed by atoms with Crippen LogP contribution in [0.2, 0.25) is 0 Å². The number of aromatic hydroxyl groups is 1. The molecule has 4 nitrogen and oxygen atoms in total. The number of rotatable bonds is 15. The number of carboxylic acids is 1. The standard InChI is InChI=1S/C18H22O2.C18H34O2/c1-18-9-8-14-13-5-3-12(19)10-11(13)2-4-15(14)16(18)6-7-17(18)20;1-2-3-4-5-6-7-8-9-10-11-12-13-14-15-16-17-18(19)20/h3,5,10,14-16,19H,2,4,6-9H2,1H3;9-10H,2-8,11-17H2,1H3,(H,19,20)/b;10-9-/t14-,15-,16+,18+;/m1./s1. The second-order valence-electron chi connectivity index (χ2n) is 12.9. The summed E-state index contributed by atoms with van der Waals surface area (Å²) in [5.74, 6) is 2.12. The topological polar surface area (TPSA) is 74.6 Å². The van der Waals surface area contributed by atoms with Gasteiger partial charge in [0.1, 0.15) is 11.5 Å². The first-order chi connectivity index (χ1) is 19.4. The maximum atomic E-state index is 12.3. The van der Waals surface area contributed by atoms with E-state index in [0.717, 1.165) is 44.9 Å². The zero-order valence-electron chi connectivity index (χ0n) is 25.5. The maximum Gasteiger partial charge on any atom is 0.303 e. The largest absolute Gasteiger partial charge is 0.508 e. The Balaban J connectivity index is 0.000000220. The molecule has 1 aromatic carbocycles. The number of fused-ring (bicyclic) bond motifs is 5. The summed E-state index contributed by atoms with van der Waals surface area (Å²) in [5.41, 5.74) is 2.75. The molecule has 0 bridgehead atoms. The molecular formula is C36H56O4. The van der Waals surface area contributed by atoms with Gasteiger partial charge >= 0.3 is 5.97 Å². The van der Waals surface area contributed by atoms with E-state index in [0.29, 0.717) is 35.7 Å². The first kappa shape index (κ1) is 32.4. The summed E-state index contributed by atoms with van der Waals surface area (Å²) >= 11 is 0. The number of ketones is 1. The minimum atomic E-state index is -0.664. The molecule has 2 fully saturated rings. The number of carbonyl (C=O) groups is 2. The van der Waals surface area contributed by atoms with E-state index >= 15 is 0 Å². The van der Waals surface area contributed by atoms with Gasteiger partial charge in [0, 0.05) is 18.3 Å². The van der Waals surface area contributed by atoms with Crippen LogP contribution in [0.25, 0.3) is 0 Å². The minimum Gasteiger partial charge on any atom is -0.508 e. The summed E-state index contributed by atoms with van der Waals surface area (Å²) in [5, 5.41) is 18.2. The smallest absolute Gasteiger partial charge is 0.303 e. The molecule has 4 atom stereocenters. The predicted molar refractivity (Wildman–Crippen MR) is 165 cm³/mol. The number of aryl methyl sites for hydroxylation is 1. The van der Waals surface area contributed by atoms with Crippen molar-refractivity contribution in [3.05, 3.63) is 41.5 Å². The van der Waals surface area contributed by atoms with E-state index < -0.39 is 5.97 Å². The van der Waals surface area contributed by atoms with Gasteiger partial charge in [-0.3, -0.25) is 9.59 Å². The number of benzene rings is 1. The van der Waals surface area contributed by atoms with Crippen LogP contribution in [-0.2, 0) is 16.0 Å². The number of carbonyl (C=O) groups excluding carboxylic acids is 1. The van der Waals surface area contributed by atoms with E-state index in [2.05, 4.69) is 32.1 Å². The molecule has 0 saturated heterocycles. The number of aliphatic carboxylic acids is 1. The molecule has 0 radical (unpaired) electrons. The SMILES string of the molecule is CCCCCCCC/C=C\CCCCCCCC(=O)O.C[C@]12CC[C@@H]3c4ccc(O)cc4CC[C@H]3[C@@H]1CCC2=O. The molecule has 0 heterocycles. The maximum absolute atomic E-state index is 12.3. The summed E-state index contributed by atoms with van der Waals surface area (Å²) in [6, 6.07) is 5.90. The number of Topliss-reactive ketones (excluding diaryl/α,β-unsaturated/α-hetero) is 1. The Labute approximate surface area is 244 Å². The summed E-state index contributed by atoms with van der Waals surface area (Å²) in [6.07, 6.45) is 27.6. The van der Waals surface area contributed by atoms with Crippen molar-refractivity contribution in [3.63, 3.8) is 0 Å². The van der Waals surface area contributed by atoms with Gasteiger partial charge in [0.25, 0.3) is 0 Å². The van der Waals surface area contributed by atoms with Gasteiger partial charge in [-0.2, -0.15) is 0 Å². The Hall–Kier alpha value is -2.10. The van der Waals surface area contributed by atoms with Crippen molar-refractivity contribution in [2.45, 2.75) is 148 Å². The number of unbranched alkanes of at least 4 members (excludes halogenated alkanes) is 11. The number of carboxylic acid groups (broad SMARTS) is 1. The quantitative estimate of drug-likeness (QED) is 0.168. The van der Waals surface area contributed by atoms with E-state index in [1.165, 1.54) is 88.2 Å². The van der Waals surface area contributed by atoms with Crippen molar-refractivity contribution in [1.29, 1.82) is 0 Å². The summed E-state index contributed by atoms with van der Waals surface area (Å²) in [4.78, 5) is 22.6. The molecule has 0 aromatic heterocycles. The zero-order valence-corrected chi connectivity index (χ0v) is 25.5. The molecule has 3 aliphatic carbocycles. The molecule has 224 valence electrons. The molecular weight excluding hydrogens is 496 g/mol. The van der Waals surface area contributed by atoms with E-state index in [1.54, 1.807) is 0 Å². The van der Waals surface area contributed by atoms with Crippen LogP contribution in [-0.4, -0.2) is 22.0 Å². The van der Waals surface area contributed by atoms with Crippen molar-refractivity contribution in [3.8, 4) is 5.75 Å². The highest BCUT2D eigenvalue weighted by Gasteiger charge is 2.54. The highest BCUT2D eigenvalue weighted by Crippen LogP contribution is 2.59. The molecule has 0 amide bonds. The zero-order chi connectivity index (χ0) is 28.8. The van der Waals surface area contributed by atoms with Gasteiger partial charge in [-0.1, -0.05) is 83.4 Å². The van der Waals surface area contributed by atoms with Crippen molar-refractivity contribution in [2.75, 3.05) is 0 Å². The first-order valence-electron chi connectivity index (χ1n) is 16.6. The van der Waals surface area contributed by atoms with Crippen LogP contribution >= 0.6 is 0 Å². The molecule has 2 saturated carbocycles. The molecule has 4 rings (SSSR count).